The molecule has 1 heterocycles. The monoisotopic (exact) mass is 186 g/mol. The number of thioether (sulfide) groups is 1. The van der Waals surface area contributed by atoms with Gasteiger partial charge in [0.05, 0.1) is 0 Å². The maximum Gasteiger partial charge on any atom is 0.279 e. The fraction of sp³-hybridized carbons (Fsp3) is 0.714. The van der Waals surface area contributed by atoms with E-state index in [1.807, 2.05) is 0 Å². The summed E-state index contributed by atoms with van der Waals surface area (Å²) in [6.45, 7) is 0. The zero-order chi connectivity index (χ0) is 8.55. The Hall–Kier alpha value is -0.710. The second-order valence-corrected chi connectivity index (χ2v) is 4.07. The summed E-state index contributed by atoms with van der Waals surface area (Å²) < 4.78 is 0. The normalized spacial score (nSPS) is 28.3. The van der Waals surface area contributed by atoms with Crippen molar-refractivity contribution in [1.82, 2.24) is 10.6 Å². The Morgan fingerprint density at radius 1 is 1.58 bits per heavy atom. The van der Waals surface area contributed by atoms with Crippen molar-refractivity contribution in [2.24, 2.45) is 0 Å². The first-order chi connectivity index (χ1) is 5.75. The maximum absolute atomic E-state index is 11.3. The summed E-state index contributed by atoms with van der Waals surface area (Å²) in [6.07, 6.45) is 2.17. The van der Waals surface area contributed by atoms with Gasteiger partial charge in [0.25, 0.3) is 5.24 Å². The predicted molar refractivity (Wildman–Crippen MR) is 45.9 cm³/mol. The molecule has 5 heteroatoms. The molecule has 0 spiro atoms. The Kier molecular flexibility index (Phi) is 1.96. The first-order valence-corrected chi connectivity index (χ1v) is 4.98. The van der Waals surface area contributed by atoms with Gasteiger partial charge in [-0.3, -0.25) is 9.59 Å². The van der Waals surface area contributed by atoms with Crippen molar-refractivity contribution in [3.8, 4) is 0 Å². The second-order valence-electron chi connectivity index (χ2n) is 3.08. The van der Waals surface area contributed by atoms with Crippen LogP contribution in [-0.4, -0.2) is 29.0 Å². The molecule has 0 aromatic rings. The molecule has 66 valence electrons. The van der Waals surface area contributed by atoms with Gasteiger partial charge < -0.3 is 10.6 Å². The summed E-state index contributed by atoms with van der Waals surface area (Å²) in [4.78, 5) is 22.0. The number of hydrogen-bond acceptors (Lipinski definition) is 3. The highest BCUT2D eigenvalue weighted by Crippen LogP contribution is 2.20. The third kappa shape index (κ3) is 1.72. The van der Waals surface area contributed by atoms with Gasteiger partial charge in [0.15, 0.2) is 0 Å². The molecule has 1 saturated heterocycles. The van der Waals surface area contributed by atoms with Crippen LogP contribution < -0.4 is 10.6 Å². The van der Waals surface area contributed by atoms with Crippen molar-refractivity contribution < 1.29 is 9.59 Å². The Labute approximate surface area is 74.5 Å². The molecule has 0 radical (unpaired) electrons. The highest BCUT2D eigenvalue weighted by atomic mass is 32.2. The maximum atomic E-state index is 11.3. The standard InChI is InChI=1S/C7H10N2O2S/c10-6(8-4-1-2-4)5-3-12-7(11)9-5/h4-5H,1-3H2,(H,8,10)(H,9,11). The van der Waals surface area contributed by atoms with Gasteiger partial charge in [-0.05, 0) is 12.8 Å². The van der Waals surface area contributed by atoms with Crippen LogP contribution in [0.3, 0.4) is 0 Å². The zero-order valence-corrected chi connectivity index (χ0v) is 7.32. The van der Waals surface area contributed by atoms with Crippen LogP contribution in [0.1, 0.15) is 12.8 Å². The van der Waals surface area contributed by atoms with Crippen LogP contribution in [0.15, 0.2) is 0 Å². The Morgan fingerprint density at radius 2 is 2.33 bits per heavy atom. The van der Waals surface area contributed by atoms with Crippen LogP contribution in [0, 0.1) is 0 Å². The van der Waals surface area contributed by atoms with E-state index in [1.165, 1.54) is 11.8 Å². The number of hydrogen-bond donors (Lipinski definition) is 2. The Morgan fingerprint density at radius 3 is 2.83 bits per heavy atom. The predicted octanol–water partition coefficient (Wildman–Crippen LogP) is 0.0900. The van der Waals surface area contributed by atoms with Gasteiger partial charge in [0, 0.05) is 11.8 Å². The highest BCUT2D eigenvalue weighted by molar-refractivity contribution is 8.14. The van der Waals surface area contributed by atoms with Crippen molar-refractivity contribution >= 4 is 22.9 Å². The molecule has 0 bridgehead atoms. The number of nitrogens with one attached hydrogen (secondary N) is 2. The molecular formula is C7H10N2O2S. The molecule has 2 aliphatic rings. The summed E-state index contributed by atoms with van der Waals surface area (Å²) in [5.74, 6) is 0.535. The van der Waals surface area contributed by atoms with Gasteiger partial charge in [0.2, 0.25) is 5.91 Å². The van der Waals surface area contributed by atoms with E-state index in [2.05, 4.69) is 10.6 Å². The van der Waals surface area contributed by atoms with Crippen molar-refractivity contribution in [2.75, 3.05) is 5.75 Å². The number of rotatable bonds is 2. The summed E-state index contributed by atoms with van der Waals surface area (Å²) >= 11 is 1.17. The quantitative estimate of drug-likeness (QED) is 0.642. The first-order valence-electron chi connectivity index (χ1n) is 3.99. The molecule has 1 saturated carbocycles. The van der Waals surface area contributed by atoms with E-state index in [1.54, 1.807) is 0 Å². The van der Waals surface area contributed by atoms with E-state index in [-0.39, 0.29) is 17.2 Å². The molecule has 4 nitrogen and oxygen atoms in total. The summed E-state index contributed by atoms with van der Waals surface area (Å²) in [5.41, 5.74) is 0. The molecular weight excluding hydrogens is 176 g/mol. The lowest BCUT2D eigenvalue weighted by atomic mass is 10.3. The Balaban J connectivity index is 1.82. The van der Waals surface area contributed by atoms with Gasteiger partial charge >= 0.3 is 0 Å². The van der Waals surface area contributed by atoms with E-state index in [0.717, 1.165) is 12.8 Å². The molecule has 1 atom stereocenters. The number of amides is 2. The fourth-order valence-corrected chi connectivity index (χ4v) is 1.83. The third-order valence-corrected chi connectivity index (χ3v) is 2.79. The van der Waals surface area contributed by atoms with Gasteiger partial charge in [0.1, 0.15) is 6.04 Å². The zero-order valence-electron chi connectivity index (χ0n) is 6.50. The topological polar surface area (TPSA) is 58.2 Å². The molecule has 2 fully saturated rings. The van der Waals surface area contributed by atoms with Gasteiger partial charge in [-0.25, -0.2) is 0 Å². The Bertz CT molecular complexity index is 227. The smallest absolute Gasteiger partial charge is 0.279 e. The second kappa shape index (κ2) is 2.97. The first kappa shape index (κ1) is 7.91. The summed E-state index contributed by atoms with van der Waals surface area (Å²) in [6, 6.07) is 0.0723. The van der Waals surface area contributed by atoms with Gasteiger partial charge in [-0.2, -0.15) is 0 Å². The lowest BCUT2D eigenvalue weighted by Crippen LogP contribution is -2.43. The van der Waals surface area contributed by atoms with E-state index in [0.29, 0.717) is 11.8 Å². The number of carbonyl (C=O) groups is 2. The van der Waals surface area contributed by atoms with Crippen molar-refractivity contribution in [2.45, 2.75) is 24.9 Å². The van der Waals surface area contributed by atoms with Gasteiger partial charge in [-0.15, -0.1) is 0 Å². The lowest BCUT2D eigenvalue weighted by Gasteiger charge is -2.08. The average Bonchev–Trinajstić information content (AvgIpc) is 2.72. The molecule has 0 aromatic heterocycles. The molecule has 2 amide bonds. The minimum atomic E-state index is -0.303. The minimum absolute atomic E-state index is 0.0316. The van der Waals surface area contributed by atoms with Crippen LogP contribution >= 0.6 is 11.8 Å². The summed E-state index contributed by atoms with van der Waals surface area (Å²) in [7, 11) is 0. The van der Waals surface area contributed by atoms with Crippen molar-refractivity contribution in [3.63, 3.8) is 0 Å². The molecule has 1 aliphatic heterocycles. The molecule has 1 unspecified atom stereocenters. The molecule has 12 heavy (non-hydrogen) atoms. The molecule has 0 aromatic carbocycles. The van der Waals surface area contributed by atoms with Crippen LogP contribution in [-0.2, 0) is 4.79 Å². The summed E-state index contributed by atoms with van der Waals surface area (Å²) in [5, 5.41) is 5.36. The van der Waals surface area contributed by atoms with E-state index in [4.69, 9.17) is 0 Å². The van der Waals surface area contributed by atoms with Crippen LogP contribution in [0.25, 0.3) is 0 Å². The van der Waals surface area contributed by atoms with Crippen molar-refractivity contribution in [3.05, 3.63) is 0 Å². The van der Waals surface area contributed by atoms with Gasteiger partial charge in [-0.1, -0.05) is 11.8 Å². The third-order valence-electron chi connectivity index (χ3n) is 1.91. The average molecular weight is 186 g/mol. The fourth-order valence-electron chi connectivity index (χ4n) is 1.06. The SMILES string of the molecule is O=C1NC(C(=O)NC2CC2)CS1. The van der Waals surface area contributed by atoms with Crippen LogP contribution in [0.2, 0.25) is 0 Å². The molecule has 2 N–H and O–H groups in total. The van der Waals surface area contributed by atoms with Crippen LogP contribution in [0.4, 0.5) is 4.79 Å². The largest absolute Gasteiger partial charge is 0.352 e. The van der Waals surface area contributed by atoms with E-state index < -0.39 is 0 Å². The molecule has 2 rings (SSSR count). The number of carbonyl (C=O) groups excluding carboxylic acids is 2. The van der Waals surface area contributed by atoms with E-state index >= 15 is 0 Å². The van der Waals surface area contributed by atoms with Crippen molar-refractivity contribution in [1.29, 1.82) is 0 Å². The molecule has 1 aliphatic carbocycles. The minimum Gasteiger partial charge on any atom is -0.352 e. The highest BCUT2D eigenvalue weighted by Gasteiger charge is 2.31. The lowest BCUT2D eigenvalue weighted by molar-refractivity contribution is -0.122. The van der Waals surface area contributed by atoms with E-state index in [9.17, 15) is 9.59 Å². The van der Waals surface area contributed by atoms with Crippen LogP contribution in [0.5, 0.6) is 0 Å².